The summed E-state index contributed by atoms with van der Waals surface area (Å²) in [5, 5.41) is 16.7. The number of esters is 2. The number of aliphatic hydroxyl groups excluding tert-OH is 1. The first kappa shape index (κ1) is 44.2. The number of carbonyl (C=O) groups excluding carboxylic acids is 6. The fraction of sp³-hybridized carbons (Fsp3) is 0.692. The van der Waals surface area contributed by atoms with Gasteiger partial charge >= 0.3 is 11.9 Å². The number of fused-ring (bicyclic) bond motifs is 1. The van der Waals surface area contributed by atoms with Crippen LogP contribution in [0, 0.1) is 17.8 Å². The van der Waals surface area contributed by atoms with E-state index >= 15 is 0 Å². The van der Waals surface area contributed by atoms with Crippen molar-refractivity contribution in [2.75, 3.05) is 20.7 Å². The van der Waals surface area contributed by atoms with Gasteiger partial charge in [-0.1, -0.05) is 60.1 Å². The van der Waals surface area contributed by atoms with Gasteiger partial charge in [-0.2, -0.15) is 0 Å². The fourth-order valence-corrected chi connectivity index (χ4v) is 6.85. The molecule has 15 heteroatoms. The molecule has 9 atom stereocenters. The van der Waals surface area contributed by atoms with Crippen LogP contribution in [0.5, 0.6) is 5.75 Å². The molecule has 0 aromatic heterocycles. The number of amides is 4. The quantitative estimate of drug-likeness (QED) is 0.281. The second-order valence-electron chi connectivity index (χ2n) is 15.4. The predicted octanol–water partition coefficient (Wildman–Crippen LogP) is 1.71. The Morgan fingerprint density at radius 3 is 2.19 bits per heavy atom. The fourth-order valence-electron chi connectivity index (χ4n) is 6.85. The molecule has 2 saturated heterocycles. The van der Waals surface area contributed by atoms with Gasteiger partial charge in [0.2, 0.25) is 17.7 Å². The molecular formula is C39H61N5O10. The third kappa shape index (κ3) is 11.4. The number of likely N-dealkylation sites (N-methyl/N-ethyl adjacent to an activating group) is 1. The third-order valence-electron chi connectivity index (χ3n) is 10.4. The summed E-state index contributed by atoms with van der Waals surface area (Å²) in [6.07, 6.45) is -2.78. The first-order valence-corrected chi connectivity index (χ1v) is 19.0. The highest BCUT2D eigenvalue weighted by molar-refractivity contribution is 5.95. The molecule has 1 aromatic carbocycles. The van der Waals surface area contributed by atoms with E-state index in [1.54, 1.807) is 45.0 Å². The van der Waals surface area contributed by atoms with E-state index < -0.39 is 96.4 Å². The van der Waals surface area contributed by atoms with E-state index in [9.17, 15) is 33.9 Å². The Morgan fingerprint density at radius 2 is 1.61 bits per heavy atom. The van der Waals surface area contributed by atoms with Crippen molar-refractivity contribution in [1.82, 2.24) is 20.4 Å². The molecule has 3 rings (SSSR count). The Kier molecular flexibility index (Phi) is 16.3. The number of carbonyl (C=O) groups is 6. The summed E-state index contributed by atoms with van der Waals surface area (Å²) in [4.78, 5) is 85.7. The highest BCUT2D eigenvalue weighted by Gasteiger charge is 2.43. The standard InChI is InChI=1S/C39H61N5O10/c1-10-23(6)33-30(45)20-31(46)54-34(22(4)5)36(48)41-27(18-21(2)3)37(49)44-17-11-12-28(44)38(50)43(8)29(19-25-13-15-26(52-9)16-14-25)39(51)53-24(7)32(40)35(47)42-33/h13-16,21-24,27-30,32-34,45H,10-12,17-20,40H2,1-9H3,(H,41,48)(H,42,47)/t23-,24+,27-,28?,29-,30-,32-,33+,34-/m0/s1. The molecule has 2 fully saturated rings. The van der Waals surface area contributed by atoms with Crippen LogP contribution >= 0.6 is 0 Å². The topological polar surface area (TPSA) is 207 Å². The molecule has 1 unspecified atom stereocenters. The lowest BCUT2D eigenvalue weighted by Crippen LogP contribution is -2.58. The third-order valence-corrected chi connectivity index (χ3v) is 10.4. The lowest BCUT2D eigenvalue weighted by molar-refractivity contribution is -0.161. The molecule has 5 N–H and O–H groups in total. The molecule has 2 aliphatic heterocycles. The first-order valence-electron chi connectivity index (χ1n) is 19.0. The van der Waals surface area contributed by atoms with E-state index in [0.717, 1.165) is 0 Å². The van der Waals surface area contributed by atoms with Crippen LogP contribution in [0.15, 0.2) is 24.3 Å². The Balaban J connectivity index is 2.09. The largest absolute Gasteiger partial charge is 0.497 e. The monoisotopic (exact) mass is 759 g/mol. The summed E-state index contributed by atoms with van der Waals surface area (Å²) in [6, 6.07) is 1.50. The van der Waals surface area contributed by atoms with Crippen LogP contribution in [0.1, 0.15) is 86.1 Å². The molecular weight excluding hydrogens is 698 g/mol. The summed E-state index contributed by atoms with van der Waals surface area (Å²) in [5.41, 5.74) is 7.01. The van der Waals surface area contributed by atoms with Gasteiger partial charge in [-0.3, -0.25) is 24.0 Å². The minimum Gasteiger partial charge on any atom is -0.497 e. The van der Waals surface area contributed by atoms with Crippen molar-refractivity contribution in [3.8, 4) is 5.75 Å². The number of benzene rings is 1. The van der Waals surface area contributed by atoms with Crippen molar-refractivity contribution >= 4 is 35.6 Å². The summed E-state index contributed by atoms with van der Waals surface area (Å²) >= 11 is 0. The molecule has 2 aliphatic rings. The molecule has 1 aromatic rings. The lowest BCUT2D eigenvalue weighted by Gasteiger charge is -2.35. The number of aliphatic hydroxyl groups is 1. The number of nitrogens with zero attached hydrogens (tertiary/aromatic N) is 2. The van der Waals surface area contributed by atoms with E-state index in [1.165, 1.54) is 30.9 Å². The maximum Gasteiger partial charge on any atom is 0.329 e. The molecule has 2 heterocycles. The molecule has 0 radical (unpaired) electrons. The maximum atomic E-state index is 14.3. The summed E-state index contributed by atoms with van der Waals surface area (Å²) in [6.45, 7) is 12.5. The molecule has 0 saturated carbocycles. The highest BCUT2D eigenvalue weighted by atomic mass is 16.6. The molecule has 0 bridgehead atoms. The molecule has 0 aliphatic carbocycles. The van der Waals surface area contributed by atoms with Gasteiger partial charge in [0.15, 0.2) is 6.10 Å². The zero-order chi connectivity index (χ0) is 40.4. The molecule has 302 valence electrons. The molecule has 0 spiro atoms. The smallest absolute Gasteiger partial charge is 0.329 e. The number of nitrogens with two attached hydrogens (primary N) is 1. The highest BCUT2D eigenvalue weighted by Crippen LogP contribution is 2.25. The predicted molar refractivity (Wildman–Crippen MR) is 200 cm³/mol. The van der Waals surface area contributed by atoms with Crippen molar-refractivity contribution < 1.29 is 48.1 Å². The average molecular weight is 760 g/mol. The van der Waals surface area contributed by atoms with Crippen LogP contribution in [-0.2, 0) is 44.7 Å². The van der Waals surface area contributed by atoms with Crippen LogP contribution in [0.3, 0.4) is 0 Å². The number of hydrogen-bond donors (Lipinski definition) is 4. The minimum atomic E-state index is -1.41. The van der Waals surface area contributed by atoms with Crippen molar-refractivity contribution in [3.05, 3.63) is 29.8 Å². The average Bonchev–Trinajstić information content (AvgIpc) is 3.62. The number of methoxy groups -OCH3 is 1. The van der Waals surface area contributed by atoms with Gasteiger partial charge in [0.25, 0.3) is 5.91 Å². The van der Waals surface area contributed by atoms with Crippen LogP contribution < -0.4 is 21.1 Å². The summed E-state index contributed by atoms with van der Waals surface area (Å²) < 4.78 is 16.7. The molecule has 54 heavy (non-hydrogen) atoms. The van der Waals surface area contributed by atoms with Crippen LogP contribution in [-0.4, -0.2) is 120 Å². The number of nitrogens with one attached hydrogen (secondary N) is 2. The zero-order valence-electron chi connectivity index (χ0n) is 33.2. The second-order valence-corrected chi connectivity index (χ2v) is 15.4. The second kappa shape index (κ2) is 19.9. The number of ether oxygens (including phenoxy) is 3. The Hall–Kier alpha value is -4.24. The maximum absolute atomic E-state index is 14.3. The lowest BCUT2D eigenvalue weighted by atomic mass is 9.92. The van der Waals surface area contributed by atoms with E-state index in [0.29, 0.717) is 30.6 Å². The van der Waals surface area contributed by atoms with E-state index in [4.69, 9.17) is 19.9 Å². The van der Waals surface area contributed by atoms with Gasteiger partial charge in [-0.05, 0) is 61.6 Å². The van der Waals surface area contributed by atoms with Crippen LogP contribution in [0.2, 0.25) is 0 Å². The van der Waals surface area contributed by atoms with Gasteiger partial charge in [0.05, 0.1) is 25.7 Å². The number of rotatable bonds is 8. The minimum absolute atomic E-state index is 0.0342. The number of hydrogen-bond acceptors (Lipinski definition) is 11. The molecule has 15 nitrogen and oxygen atoms in total. The van der Waals surface area contributed by atoms with Crippen molar-refractivity contribution in [2.45, 2.75) is 136 Å². The normalized spacial score (nSPS) is 29.2. The summed E-state index contributed by atoms with van der Waals surface area (Å²) in [7, 11) is 3.00. The Labute approximate surface area is 319 Å². The molecule has 4 amide bonds. The number of cyclic esters (lactones) is 2. The van der Waals surface area contributed by atoms with Crippen molar-refractivity contribution in [3.63, 3.8) is 0 Å². The van der Waals surface area contributed by atoms with E-state index in [1.807, 2.05) is 20.8 Å². The van der Waals surface area contributed by atoms with Gasteiger partial charge in [-0.25, -0.2) is 4.79 Å². The van der Waals surface area contributed by atoms with Crippen LogP contribution in [0.4, 0.5) is 0 Å². The first-order chi connectivity index (χ1) is 25.4. The van der Waals surface area contributed by atoms with Gasteiger partial charge in [-0.15, -0.1) is 0 Å². The Morgan fingerprint density at radius 1 is 0.963 bits per heavy atom. The van der Waals surface area contributed by atoms with Gasteiger partial charge < -0.3 is 45.5 Å². The Bertz CT molecular complexity index is 1470. The van der Waals surface area contributed by atoms with Crippen molar-refractivity contribution in [1.29, 1.82) is 0 Å². The van der Waals surface area contributed by atoms with Crippen molar-refractivity contribution in [2.24, 2.45) is 23.5 Å². The van der Waals surface area contributed by atoms with Crippen LogP contribution in [0.25, 0.3) is 0 Å². The SMILES string of the molecule is CC[C@H](C)[C@H]1NC(=O)[C@@H](N)[C@@H](C)OC(=O)[C@H](Cc2ccc(OC)cc2)N(C)C(=O)C2CCCN2C(=O)[C@H](CC(C)C)NC(=O)[C@H](C(C)C)OC(=O)C[C@@H]1O. The van der Waals surface area contributed by atoms with Gasteiger partial charge in [0.1, 0.15) is 36.0 Å². The van der Waals surface area contributed by atoms with E-state index in [-0.39, 0.29) is 31.2 Å². The zero-order valence-corrected chi connectivity index (χ0v) is 33.2. The summed E-state index contributed by atoms with van der Waals surface area (Å²) in [5.74, 6) is -4.32. The van der Waals surface area contributed by atoms with Gasteiger partial charge in [0, 0.05) is 20.0 Å². The van der Waals surface area contributed by atoms with E-state index in [2.05, 4.69) is 10.6 Å².